The summed E-state index contributed by atoms with van der Waals surface area (Å²) in [6.45, 7) is 4.15. The van der Waals surface area contributed by atoms with E-state index in [-0.39, 0.29) is 0 Å². The largest absolute Gasteiger partial charge is 0.495 e. The van der Waals surface area contributed by atoms with E-state index >= 15 is 0 Å². The third kappa shape index (κ3) is 2.61. The maximum atomic E-state index is 6.08. The third-order valence-electron chi connectivity index (χ3n) is 2.40. The summed E-state index contributed by atoms with van der Waals surface area (Å²) >= 11 is 6.08. The molecule has 0 saturated heterocycles. The van der Waals surface area contributed by atoms with Gasteiger partial charge in [0.25, 0.3) is 0 Å². The van der Waals surface area contributed by atoms with Crippen LogP contribution in [0.2, 0.25) is 5.02 Å². The van der Waals surface area contributed by atoms with Gasteiger partial charge in [0, 0.05) is 11.4 Å². The van der Waals surface area contributed by atoms with Gasteiger partial charge in [0.15, 0.2) is 0 Å². The summed E-state index contributed by atoms with van der Waals surface area (Å²) in [5, 5.41) is 4.85. The number of rotatable bonds is 3. The van der Waals surface area contributed by atoms with E-state index in [1.165, 1.54) is 0 Å². The maximum Gasteiger partial charge on any atom is 0.138 e. The molecule has 3 nitrogen and oxygen atoms in total. The molecule has 0 bridgehead atoms. The Hall–Kier alpha value is -1.48. The lowest BCUT2D eigenvalue weighted by atomic mass is 10.2. The van der Waals surface area contributed by atoms with Crippen molar-refractivity contribution in [1.29, 1.82) is 0 Å². The number of methoxy groups -OCH3 is 1. The van der Waals surface area contributed by atoms with Gasteiger partial charge < -0.3 is 10.1 Å². The van der Waals surface area contributed by atoms with Crippen LogP contribution in [-0.4, -0.2) is 18.1 Å². The minimum atomic E-state index is 0.355. The van der Waals surface area contributed by atoms with Crippen molar-refractivity contribution >= 4 is 28.3 Å². The molecule has 1 aromatic heterocycles. The van der Waals surface area contributed by atoms with Crippen molar-refractivity contribution in [3.63, 3.8) is 0 Å². The number of benzene rings is 1. The van der Waals surface area contributed by atoms with Gasteiger partial charge in [0.1, 0.15) is 11.6 Å². The first kappa shape index (κ1) is 12.0. The molecule has 0 unspecified atom stereocenters. The smallest absolute Gasteiger partial charge is 0.138 e. The second kappa shape index (κ2) is 4.80. The lowest BCUT2D eigenvalue weighted by Gasteiger charge is -2.10. The molecule has 1 aromatic carbocycles. The summed E-state index contributed by atoms with van der Waals surface area (Å²) in [6.07, 6.45) is 0. The number of halogens is 1. The average molecular weight is 251 g/mol. The molecule has 1 heterocycles. The van der Waals surface area contributed by atoms with Gasteiger partial charge in [-0.25, -0.2) is 4.98 Å². The van der Waals surface area contributed by atoms with Crippen LogP contribution in [0.5, 0.6) is 5.75 Å². The predicted molar refractivity (Wildman–Crippen MR) is 72.1 cm³/mol. The molecule has 0 fully saturated rings. The van der Waals surface area contributed by atoms with Crippen LogP contribution in [0, 0.1) is 0 Å². The van der Waals surface area contributed by atoms with E-state index in [0.717, 1.165) is 16.7 Å². The number of aromatic nitrogens is 1. The van der Waals surface area contributed by atoms with E-state index in [0.29, 0.717) is 16.8 Å². The molecule has 2 aromatic rings. The van der Waals surface area contributed by atoms with Crippen molar-refractivity contribution in [2.45, 2.75) is 19.9 Å². The van der Waals surface area contributed by atoms with Crippen molar-refractivity contribution in [1.82, 2.24) is 4.98 Å². The molecule has 0 aliphatic heterocycles. The minimum absolute atomic E-state index is 0.355. The van der Waals surface area contributed by atoms with E-state index in [1.807, 2.05) is 24.3 Å². The Morgan fingerprint density at radius 1 is 1.29 bits per heavy atom. The first-order valence-corrected chi connectivity index (χ1v) is 5.89. The van der Waals surface area contributed by atoms with E-state index in [9.17, 15) is 0 Å². The highest BCUT2D eigenvalue weighted by molar-refractivity contribution is 6.32. The molecule has 90 valence electrons. The highest BCUT2D eigenvalue weighted by Gasteiger charge is 2.05. The average Bonchev–Trinajstić information content (AvgIpc) is 2.27. The van der Waals surface area contributed by atoms with Gasteiger partial charge in [-0.2, -0.15) is 0 Å². The molecule has 0 saturated carbocycles. The number of ether oxygens (including phenoxy) is 1. The maximum absolute atomic E-state index is 6.08. The fourth-order valence-corrected chi connectivity index (χ4v) is 1.89. The lowest BCUT2D eigenvalue weighted by molar-refractivity contribution is 0.415. The molecule has 2 rings (SSSR count). The number of hydrogen-bond donors (Lipinski definition) is 1. The van der Waals surface area contributed by atoms with Gasteiger partial charge >= 0.3 is 0 Å². The van der Waals surface area contributed by atoms with Gasteiger partial charge in [-0.1, -0.05) is 11.6 Å². The van der Waals surface area contributed by atoms with E-state index in [1.54, 1.807) is 7.11 Å². The molecule has 0 spiro atoms. The van der Waals surface area contributed by atoms with Crippen LogP contribution in [0.15, 0.2) is 24.3 Å². The molecule has 0 amide bonds. The van der Waals surface area contributed by atoms with Crippen molar-refractivity contribution < 1.29 is 4.74 Å². The Morgan fingerprint density at radius 2 is 2.06 bits per heavy atom. The van der Waals surface area contributed by atoms with E-state index in [4.69, 9.17) is 16.3 Å². The molecule has 0 aliphatic rings. The first-order chi connectivity index (χ1) is 8.10. The van der Waals surface area contributed by atoms with Crippen LogP contribution in [0.1, 0.15) is 13.8 Å². The quantitative estimate of drug-likeness (QED) is 0.902. The number of hydrogen-bond acceptors (Lipinski definition) is 3. The number of pyridine rings is 1. The van der Waals surface area contributed by atoms with Crippen LogP contribution < -0.4 is 10.1 Å². The Morgan fingerprint density at radius 3 is 2.71 bits per heavy atom. The molecule has 0 radical (unpaired) electrons. The first-order valence-electron chi connectivity index (χ1n) is 5.51. The SMILES string of the molecule is COc1cc2ccc(NC(C)C)nc2cc1Cl. The van der Waals surface area contributed by atoms with Gasteiger partial charge in [-0.05, 0) is 38.1 Å². The summed E-state index contributed by atoms with van der Waals surface area (Å²) in [4.78, 5) is 4.50. The highest BCUT2D eigenvalue weighted by Crippen LogP contribution is 2.29. The summed E-state index contributed by atoms with van der Waals surface area (Å²) in [6, 6.07) is 8.03. The van der Waals surface area contributed by atoms with Gasteiger partial charge in [-0.15, -0.1) is 0 Å². The van der Waals surface area contributed by atoms with Crippen molar-refractivity contribution in [2.24, 2.45) is 0 Å². The topological polar surface area (TPSA) is 34.1 Å². The van der Waals surface area contributed by atoms with Gasteiger partial charge in [0.05, 0.1) is 17.6 Å². The Balaban J connectivity index is 2.47. The van der Waals surface area contributed by atoms with Crippen molar-refractivity contribution in [2.75, 3.05) is 12.4 Å². The van der Waals surface area contributed by atoms with Crippen molar-refractivity contribution in [3.8, 4) is 5.75 Å². The number of nitrogens with zero attached hydrogens (tertiary/aromatic N) is 1. The summed E-state index contributed by atoms with van der Waals surface area (Å²) < 4.78 is 5.17. The summed E-state index contributed by atoms with van der Waals surface area (Å²) in [5.74, 6) is 1.53. The van der Waals surface area contributed by atoms with E-state index in [2.05, 4.69) is 24.1 Å². The number of fused-ring (bicyclic) bond motifs is 1. The zero-order valence-electron chi connectivity index (χ0n) is 10.1. The van der Waals surface area contributed by atoms with Crippen LogP contribution in [-0.2, 0) is 0 Å². The Bertz CT molecular complexity index is 540. The summed E-state index contributed by atoms with van der Waals surface area (Å²) in [7, 11) is 1.61. The Kier molecular flexibility index (Phi) is 3.38. The molecule has 4 heteroatoms. The highest BCUT2D eigenvalue weighted by atomic mass is 35.5. The number of nitrogens with one attached hydrogen (secondary N) is 1. The third-order valence-corrected chi connectivity index (χ3v) is 2.69. The Labute approximate surface area is 106 Å². The predicted octanol–water partition coefficient (Wildman–Crippen LogP) is 3.72. The molecular formula is C13H15ClN2O. The van der Waals surface area contributed by atoms with E-state index < -0.39 is 0 Å². The van der Waals surface area contributed by atoms with Gasteiger partial charge in [0.2, 0.25) is 0 Å². The van der Waals surface area contributed by atoms with Crippen LogP contribution >= 0.6 is 11.6 Å². The minimum Gasteiger partial charge on any atom is -0.495 e. The normalized spacial score (nSPS) is 10.9. The molecular weight excluding hydrogens is 236 g/mol. The van der Waals surface area contributed by atoms with Crippen molar-refractivity contribution in [3.05, 3.63) is 29.3 Å². The number of anilines is 1. The molecule has 0 aliphatic carbocycles. The second-order valence-corrected chi connectivity index (χ2v) is 4.58. The summed E-state index contributed by atoms with van der Waals surface area (Å²) in [5.41, 5.74) is 0.862. The van der Waals surface area contributed by atoms with Gasteiger partial charge in [-0.3, -0.25) is 0 Å². The monoisotopic (exact) mass is 250 g/mol. The van der Waals surface area contributed by atoms with Crippen LogP contribution in [0.25, 0.3) is 10.9 Å². The molecule has 0 atom stereocenters. The van der Waals surface area contributed by atoms with Crippen LogP contribution in [0.3, 0.4) is 0 Å². The standard InChI is InChI=1S/C13H15ClN2O/c1-8(2)15-13-5-4-9-6-12(17-3)10(14)7-11(9)16-13/h4-8H,1-3H3,(H,15,16). The zero-order valence-corrected chi connectivity index (χ0v) is 10.9. The second-order valence-electron chi connectivity index (χ2n) is 4.17. The molecule has 17 heavy (non-hydrogen) atoms. The fraction of sp³-hybridized carbons (Fsp3) is 0.308. The zero-order chi connectivity index (χ0) is 12.4. The fourth-order valence-electron chi connectivity index (χ4n) is 1.66. The van der Waals surface area contributed by atoms with Crippen LogP contribution in [0.4, 0.5) is 5.82 Å². The lowest BCUT2D eigenvalue weighted by Crippen LogP contribution is -2.10. The molecule has 1 N–H and O–H groups in total.